The second-order valence-electron chi connectivity index (χ2n) is 6.56. The van der Waals surface area contributed by atoms with E-state index in [0.717, 1.165) is 16.5 Å². The Labute approximate surface area is 155 Å². The largest absolute Gasteiger partial charge is 0.418 e. The molecule has 0 saturated carbocycles. The molecule has 1 heterocycles. The molecule has 3 rings (SSSR count). The van der Waals surface area contributed by atoms with Crippen LogP contribution in [0.15, 0.2) is 54.6 Å². The van der Waals surface area contributed by atoms with Gasteiger partial charge in [0.05, 0.1) is 23.2 Å². The first-order valence-corrected chi connectivity index (χ1v) is 8.59. The minimum absolute atomic E-state index is 0.0702. The highest BCUT2D eigenvalue weighted by Gasteiger charge is 2.40. The van der Waals surface area contributed by atoms with Crippen LogP contribution in [0.3, 0.4) is 0 Å². The summed E-state index contributed by atoms with van der Waals surface area (Å²) in [7, 11) is 0. The van der Waals surface area contributed by atoms with Crippen LogP contribution in [0.4, 0.5) is 18.9 Å². The van der Waals surface area contributed by atoms with Crippen molar-refractivity contribution in [3.63, 3.8) is 0 Å². The lowest BCUT2D eigenvalue weighted by atomic mass is 10.1. The fourth-order valence-corrected chi connectivity index (χ4v) is 3.22. The minimum Gasteiger partial charge on any atom is -0.349 e. The zero-order valence-corrected chi connectivity index (χ0v) is 14.7. The first-order valence-electron chi connectivity index (χ1n) is 8.59. The average molecular weight is 376 g/mol. The number of amides is 2. The lowest BCUT2D eigenvalue weighted by molar-refractivity contribution is -0.137. The molecule has 0 radical (unpaired) electrons. The maximum atomic E-state index is 13.2. The van der Waals surface area contributed by atoms with E-state index in [1.54, 1.807) is 0 Å². The quantitative estimate of drug-likeness (QED) is 0.879. The first kappa shape index (κ1) is 18.9. The van der Waals surface area contributed by atoms with Gasteiger partial charge in [0.25, 0.3) is 0 Å². The molecule has 0 bridgehead atoms. The first-order chi connectivity index (χ1) is 12.8. The Hall–Kier alpha value is -2.83. The summed E-state index contributed by atoms with van der Waals surface area (Å²) in [6, 6.07) is 14.0. The van der Waals surface area contributed by atoms with E-state index in [1.807, 2.05) is 37.3 Å². The van der Waals surface area contributed by atoms with Gasteiger partial charge < -0.3 is 10.2 Å². The molecule has 2 amide bonds. The maximum Gasteiger partial charge on any atom is 0.418 e. The molecule has 0 aliphatic carbocycles. The Kier molecular flexibility index (Phi) is 5.21. The van der Waals surface area contributed by atoms with Crippen molar-refractivity contribution in [3.05, 3.63) is 65.7 Å². The van der Waals surface area contributed by atoms with E-state index >= 15 is 0 Å². The Bertz CT molecular complexity index is 837. The van der Waals surface area contributed by atoms with Gasteiger partial charge >= 0.3 is 6.18 Å². The predicted molar refractivity (Wildman–Crippen MR) is 94.9 cm³/mol. The van der Waals surface area contributed by atoms with Crippen LogP contribution in [0.2, 0.25) is 0 Å². The number of anilines is 1. The molecule has 2 aromatic carbocycles. The Morgan fingerprint density at radius 2 is 1.74 bits per heavy atom. The number of hydrogen-bond acceptors (Lipinski definition) is 2. The third-order valence-electron chi connectivity index (χ3n) is 4.65. The van der Waals surface area contributed by atoms with Gasteiger partial charge in [0, 0.05) is 13.0 Å². The minimum atomic E-state index is -4.57. The van der Waals surface area contributed by atoms with Crippen molar-refractivity contribution in [3.8, 4) is 0 Å². The summed E-state index contributed by atoms with van der Waals surface area (Å²) in [5.41, 5.74) is -0.173. The molecule has 7 heteroatoms. The van der Waals surface area contributed by atoms with Gasteiger partial charge in [-0.3, -0.25) is 9.59 Å². The van der Waals surface area contributed by atoms with Crippen molar-refractivity contribution in [1.29, 1.82) is 0 Å². The highest BCUT2D eigenvalue weighted by atomic mass is 19.4. The standard InChI is InChI=1S/C20H19F3N2O2/c1-13(14-7-3-2-4-8-14)24-19(27)15-11-18(26)25(12-15)17-10-6-5-9-16(17)20(21,22)23/h2-10,13,15H,11-12H2,1H3,(H,24,27). The second-order valence-corrected chi connectivity index (χ2v) is 6.56. The molecule has 1 aliphatic rings. The number of alkyl halides is 3. The van der Waals surface area contributed by atoms with Crippen LogP contribution in [-0.2, 0) is 15.8 Å². The molecule has 2 unspecified atom stereocenters. The number of nitrogens with one attached hydrogen (secondary N) is 1. The molecule has 27 heavy (non-hydrogen) atoms. The topological polar surface area (TPSA) is 49.4 Å². The van der Waals surface area contributed by atoms with E-state index in [9.17, 15) is 22.8 Å². The molecule has 2 aromatic rings. The molecular weight excluding hydrogens is 357 g/mol. The summed E-state index contributed by atoms with van der Waals surface area (Å²) in [6.07, 6.45) is -4.68. The van der Waals surface area contributed by atoms with Crippen LogP contribution < -0.4 is 10.2 Å². The average Bonchev–Trinajstić information content (AvgIpc) is 3.03. The van der Waals surface area contributed by atoms with Crippen molar-refractivity contribution in [2.75, 3.05) is 11.4 Å². The summed E-state index contributed by atoms with van der Waals surface area (Å²) < 4.78 is 39.7. The Balaban J connectivity index is 1.74. The van der Waals surface area contributed by atoms with E-state index in [1.165, 1.54) is 18.2 Å². The van der Waals surface area contributed by atoms with Gasteiger partial charge in [-0.1, -0.05) is 42.5 Å². The molecule has 1 fully saturated rings. The molecule has 0 spiro atoms. The molecule has 142 valence electrons. The fraction of sp³-hybridized carbons (Fsp3) is 0.300. The third kappa shape index (κ3) is 4.13. The van der Waals surface area contributed by atoms with Crippen LogP contribution in [0, 0.1) is 5.92 Å². The van der Waals surface area contributed by atoms with Gasteiger partial charge in [-0.2, -0.15) is 13.2 Å². The van der Waals surface area contributed by atoms with Gasteiger partial charge in [0.1, 0.15) is 0 Å². The molecule has 4 nitrogen and oxygen atoms in total. The number of nitrogens with zero attached hydrogens (tertiary/aromatic N) is 1. The monoisotopic (exact) mass is 376 g/mol. The van der Waals surface area contributed by atoms with Gasteiger partial charge in [0.2, 0.25) is 11.8 Å². The number of hydrogen-bond donors (Lipinski definition) is 1. The van der Waals surface area contributed by atoms with Crippen LogP contribution >= 0.6 is 0 Å². The lowest BCUT2D eigenvalue weighted by Gasteiger charge is -2.22. The number of benzene rings is 2. The van der Waals surface area contributed by atoms with Crippen molar-refractivity contribution in [2.24, 2.45) is 5.92 Å². The van der Waals surface area contributed by atoms with Crippen LogP contribution in [-0.4, -0.2) is 18.4 Å². The number of para-hydroxylation sites is 1. The number of carbonyl (C=O) groups excluding carboxylic acids is 2. The summed E-state index contributed by atoms with van der Waals surface area (Å²) in [5, 5.41) is 2.84. The number of rotatable bonds is 4. The fourth-order valence-electron chi connectivity index (χ4n) is 3.22. The van der Waals surface area contributed by atoms with Gasteiger partial charge in [-0.05, 0) is 24.6 Å². The van der Waals surface area contributed by atoms with Crippen molar-refractivity contribution in [2.45, 2.75) is 25.6 Å². The van der Waals surface area contributed by atoms with Crippen LogP contribution in [0.1, 0.15) is 30.5 Å². The maximum absolute atomic E-state index is 13.2. The smallest absolute Gasteiger partial charge is 0.349 e. The van der Waals surface area contributed by atoms with Crippen LogP contribution in [0.25, 0.3) is 0 Å². The van der Waals surface area contributed by atoms with E-state index in [4.69, 9.17) is 0 Å². The molecule has 1 aliphatic heterocycles. The van der Waals surface area contributed by atoms with Crippen LogP contribution in [0.5, 0.6) is 0 Å². The van der Waals surface area contributed by atoms with Gasteiger partial charge in [-0.25, -0.2) is 0 Å². The van der Waals surface area contributed by atoms with E-state index in [2.05, 4.69) is 5.32 Å². The zero-order valence-electron chi connectivity index (χ0n) is 14.7. The molecule has 2 atom stereocenters. The number of halogens is 3. The Morgan fingerprint density at radius 1 is 1.11 bits per heavy atom. The summed E-state index contributed by atoms with van der Waals surface area (Å²) in [6.45, 7) is 1.75. The second kappa shape index (κ2) is 7.42. The highest BCUT2D eigenvalue weighted by Crippen LogP contribution is 2.38. The SMILES string of the molecule is CC(NC(=O)C1CC(=O)N(c2ccccc2C(F)(F)F)C1)c1ccccc1. The summed E-state index contributed by atoms with van der Waals surface area (Å²) >= 11 is 0. The Morgan fingerprint density at radius 3 is 2.41 bits per heavy atom. The van der Waals surface area contributed by atoms with Gasteiger partial charge in [0.15, 0.2) is 0 Å². The van der Waals surface area contributed by atoms with Crippen molar-refractivity contribution >= 4 is 17.5 Å². The van der Waals surface area contributed by atoms with E-state index in [-0.39, 0.29) is 30.6 Å². The summed E-state index contributed by atoms with van der Waals surface area (Å²) in [5.74, 6) is -1.52. The third-order valence-corrected chi connectivity index (χ3v) is 4.65. The number of carbonyl (C=O) groups is 2. The molecule has 1 saturated heterocycles. The predicted octanol–water partition coefficient (Wildman–Crippen LogP) is 3.94. The zero-order chi connectivity index (χ0) is 19.6. The molecular formula is C20H19F3N2O2. The summed E-state index contributed by atoms with van der Waals surface area (Å²) in [4.78, 5) is 25.9. The molecule has 0 aromatic heterocycles. The van der Waals surface area contributed by atoms with Crippen molar-refractivity contribution in [1.82, 2.24) is 5.32 Å². The highest BCUT2D eigenvalue weighted by molar-refractivity contribution is 6.01. The van der Waals surface area contributed by atoms with E-state index < -0.39 is 23.6 Å². The van der Waals surface area contributed by atoms with E-state index in [0.29, 0.717) is 0 Å². The van der Waals surface area contributed by atoms with Gasteiger partial charge in [-0.15, -0.1) is 0 Å². The molecule has 1 N–H and O–H groups in total. The lowest BCUT2D eigenvalue weighted by Crippen LogP contribution is -2.35. The van der Waals surface area contributed by atoms with Crippen molar-refractivity contribution < 1.29 is 22.8 Å². The normalized spacial score (nSPS) is 18.4.